The summed E-state index contributed by atoms with van der Waals surface area (Å²) >= 11 is 3.32. The molecule has 0 aliphatic carbocycles. The lowest BCUT2D eigenvalue weighted by molar-refractivity contribution is -0.116. The van der Waals surface area contributed by atoms with E-state index in [0.29, 0.717) is 30.5 Å². The first-order valence-corrected chi connectivity index (χ1v) is 8.71. The van der Waals surface area contributed by atoms with Crippen molar-refractivity contribution < 1.29 is 14.8 Å². The van der Waals surface area contributed by atoms with Crippen LogP contribution in [0.4, 0.5) is 5.69 Å². The van der Waals surface area contributed by atoms with Crippen LogP contribution in [-0.4, -0.2) is 22.6 Å². The summed E-state index contributed by atoms with van der Waals surface area (Å²) in [6, 6.07) is 16.2. The number of carbonyl (C=O) groups excluding carboxylic acids is 2. The molecule has 2 aromatic carbocycles. The molecule has 0 aliphatic heterocycles. The van der Waals surface area contributed by atoms with Crippen molar-refractivity contribution in [3.8, 4) is 0 Å². The Morgan fingerprint density at radius 1 is 1.00 bits per heavy atom. The van der Waals surface area contributed by atoms with Crippen molar-refractivity contribution in [2.45, 2.75) is 25.7 Å². The second kappa shape index (κ2) is 9.74. The minimum Gasteiger partial charge on any atom is -0.411 e. The molecule has 0 bridgehead atoms. The van der Waals surface area contributed by atoms with Crippen LogP contribution in [0, 0.1) is 0 Å². The van der Waals surface area contributed by atoms with Gasteiger partial charge in [-0.25, -0.2) is 0 Å². The maximum Gasteiger partial charge on any atom is 0.224 e. The normalized spacial score (nSPS) is 11.2. The van der Waals surface area contributed by atoms with E-state index in [-0.39, 0.29) is 18.1 Å². The van der Waals surface area contributed by atoms with E-state index in [1.165, 1.54) is 0 Å². The first-order valence-electron chi connectivity index (χ1n) is 7.92. The van der Waals surface area contributed by atoms with Crippen molar-refractivity contribution in [1.29, 1.82) is 0 Å². The van der Waals surface area contributed by atoms with Gasteiger partial charge in [-0.2, -0.15) is 0 Å². The van der Waals surface area contributed by atoms with Crippen LogP contribution in [0.1, 0.15) is 36.0 Å². The number of ketones is 1. The number of anilines is 1. The molecule has 5 nitrogen and oxygen atoms in total. The molecular formula is C19H19BrN2O3. The van der Waals surface area contributed by atoms with E-state index in [1.54, 1.807) is 24.3 Å². The van der Waals surface area contributed by atoms with Crippen molar-refractivity contribution >= 4 is 39.0 Å². The zero-order valence-corrected chi connectivity index (χ0v) is 15.2. The number of halogens is 1. The fraction of sp³-hybridized carbons (Fsp3) is 0.211. The van der Waals surface area contributed by atoms with Gasteiger partial charge in [0.15, 0.2) is 5.78 Å². The largest absolute Gasteiger partial charge is 0.411 e. The van der Waals surface area contributed by atoms with Gasteiger partial charge in [-0.15, -0.1) is 0 Å². The van der Waals surface area contributed by atoms with Crippen LogP contribution < -0.4 is 5.32 Å². The van der Waals surface area contributed by atoms with E-state index < -0.39 is 0 Å². The molecule has 0 saturated heterocycles. The lowest BCUT2D eigenvalue weighted by Crippen LogP contribution is -2.13. The van der Waals surface area contributed by atoms with Gasteiger partial charge in [-0.1, -0.05) is 51.4 Å². The Morgan fingerprint density at radius 2 is 1.68 bits per heavy atom. The lowest BCUT2D eigenvalue weighted by Gasteiger charge is -2.06. The van der Waals surface area contributed by atoms with E-state index in [0.717, 1.165) is 10.2 Å². The van der Waals surface area contributed by atoms with E-state index in [1.807, 2.05) is 30.3 Å². The molecule has 0 saturated carbocycles. The molecule has 0 spiro atoms. The average Bonchev–Trinajstić information content (AvgIpc) is 2.62. The highest BCUT2D eigenvalue weighted by Crippen LogP contribution is 2.13. The first kappa shape index (κ1) is 18.9. The van der Waals surface area contributed by atoms with Gasteiger partial charge in [-0.3, -0.25) is 9.59 Å². The van der Waals surface area contributed by atoms with Crippen LogP contribution in [-0.2, 0) is 4.79 Å². The molecule has 0 aliphatic rings. The molecule has 2 N–H and O–H groups in total. The van der Waals surface area contributed by atoms with E-state index >= 15 is 0 Å². The van der Waals surface area contributed by atoms with Gasteiger partial charge in [0.25, 0.3) is 0 Å². The predicted octanol–water partition coefficient (Wildman–Crippen LogP) is 4.66. The fourth-order valence-corrected chi connectivity index (χ4v) is 2.56. The molecule has 0 unspecified atom stereocenters. The summed E-state index contributed by atoms with van der Waals surface area (Å²) in [5.74, 6) is -0.225. The van der Waals surface area contributed by atoms with Gasteiger partial charge >= 0.3 is 0 Å². The van der Waals surface area contributed by atoms with Crippen LogP contribution in [0.25, 0.3) is 0 Å². The second-order valence-electron chi connectivity index (χ2n) is 5.54. The Labute approximate surface area is 154 Å². The van der Waals surface area contributed by atoms with Crippen molar-refractivity contribution in [3.63, 3.8) is 0 Å². The number of oxime groups is 1. The molecule has 2 rings (SSSR count). The van der Waals surface area contributed by atoms with Crippen molar-refractivity contribution in [1.82, 2.24) is 0 Å². The molecule has 0 fully saturated rings. The third-order valence-electron chi connectivity index (χ3n) is 3.60. The molecule has 2 aromatic rings. The highest BCUT2D eigenvalue weighted by atomic mass is 79.9. The number of para-hydroxylation sites is 1. The first-order chi connectivity index (χ1) is 12.1. The van der Waals surface area contributed by atoms with Crippen molar-refractivity contribution in [2.24, 2.45) is 5.16 Å². The number of carbonyl (C=O) groups is 2. The minimum absolute atomic E-state index is 0.0401. The fourth-order valence-electron chi connectivity index (χ4n) is 2.29. The summed E-state index contributed by atoms with van der Waals surface area (Å²) in [6.07, 6.45) is 1.23. The molecule has 0 heterocycles. The molecule has 0 aromatic heterocycles. The maximum absolute atomic E-state index is 12.2. The Balaban J connectivity index is 1.77. The van der Waals surface area contributed by atoms with Gasteiger partial charge < -0.3 is 10.5 Å². The van der Waals surface area contributed by atoms with Crippen LogP contribution in [0.5, 0.6) is 0 Å². The van der Waals surface area contributed by atoms with E-state index in [9.17, 15) is 9.59 Å². The Kier molecular flexibility index (Phi) is 7.35. The molecule has 0 atom stereocenters. The summed E-state index contributed by atoms with van der Waals surface area (Å²) in [7, 11) is 0. The van der Waals surface area contributed by atoms with Gasteiger partial charge in [0.2, 0.25) is 5.91 Å². The third kappa shape index (κ3) is 6.51. The standard InChI is InChI=1S/C19H19BrN2O3/c20-15-11-9-14(10-12-15)18(23)13-17(22-25)7-4-8-19(24)21-16-5-2-1-3-6-16/h1-3,5-6,9-12,25H,4,7-8,13H2,(H,21,24). The Bertz CT molecular complexity index is 743. The Hall–Kier alpha value is -2.47. The summed E-state index contributed by atoms with van der Waals surface area (Å²) < 4.78 is 0.893. The van der Waals surface area contributed by atoms with Crippen LogP contribution in [0.2, 0.25) is 0 Å². The van der Waals surface area contributed by atoms with Gasteiger partial charge in [0.1, 0.15) is 0 Å². The molecule has 130 valence electrons. The number of rotatable bonds is 8. The highest BCUT2D eigenvalue weighted by molar-refractivity contribution is 9.10. The molecule has 1 amide bonds. The average molecular weight is 403 g/mol. The van der Waals surface area contributed by atoms with Crippen molar-refractivity contribution in [3.05, 3.63) is 64.6 Å². The topological polar surface area (TPSA) is 78.8 Å². The highest BCUT2D eigenvalue weighted by Gasteiger charge is 2.12. The maximum atomic E-state index is 12.2. The van der Waals surface area contributed by atoms with Crippen LogP contribution in [0.15, 0.2) is 64.2 Å². The van der Waals surface area contributed by atoms with Gasteiger partial charge in [0, 0.05) is 22.1 Å². The number of nitrogens with zero attached hydrogens (tertiary/aromatic N) is 1. The number of amides is 1. The van der Waals surface area contributed by atoms with Gasteiger partial charge in [0.05, 0.1) is 12.1 Å². The number of nitrogens with one attached hydrogen (secondary N) is 1. The number of Topliss-reactive ketones (excluding diaryl/α,β-unsaturated/α-hetero) is 1. The summed E-state index contributed by atoms with van der Waals surface area (Å²) in [5.41, 5.74) is 1.68. The zero-order chi connectivity index (χ0) is 18.1. The molecule has 6 heteroatoms. The number of hydrogen-bond acceptors (Lipinski definition) is 4. The van der Waals surface area contributed by atoms with E-state index in [4.69, 9.17) is 5.21 Å². The quantitative estimate of drug-likeness (QED) is 0.291. The van der Waals surface area contributed by atoms with Crippen LogP contribution >= 0.6 is 15.9 Å². The Morgan fingerprint density at radius 3 is 2.32 bits per heavy atom. The number of hydrogen-bond donors (Lipinski definition) is 2. The summed E-state index contributed by atoms with van der Waals surface area (Å²) in [4.78, 5) is 24.0. The zero-order valence-electron chi connectivity index (χ0n) is 13.6. The molecular weight excluding hydrogens is 384 g/mol. The van der Waals surface area contributed by atoms with E-state index in [2.05, 4.69) is 26.4 Å². The summed E-state index contributed by atoms with van der Waals surface area (Å²) in [6.45, 7) is 0. The smallest absolute Gasteiger partial charge is 0.224 e. The van der Waals surface area contributed by atoms with Crippen LogP contribution in [0.3, 0.4) is 0 Å². The summed E-state index contributed by atoms with van der Waals surface area (Å²) in [5, 5.41) is 15.1. The molecule has 0 radical (unpaired) electrons. The SMILES string of the molecule is O=C(CCCC(CC(=O)c1ccc(Br)cc1)=NO)Nc1ccccc1. The minimum atomic E-state index is -0.117. The third-order valence-corrected chi connectivity index (χ3v) is 4.13. The monoisotopic (exact) mass is 402 g/mol. The molecule has 25 heavy (non-hydrogen) atoms. The van der Waals surface area contributed by atoms with Crippen molar-refractivity contribution in [2.75, 3.05) is 5.32 Å². The van der Waals surface area contributed by atoms with Gasteiger partial charge in [-0.05, 0) is 37.1 Å². The predicted molar refractivity (Wildman–Crippen MR) is 101 cm³/mol. The lowest BCUT2D eigenvalue weighted by atomic mass is 10.0. The number of benzene rings is 2. The second-order valence-corrected chi connectivity index (χ2v) is 6.46.